The van der Waals surface area contributed by atoms with Gasteiger partial charge in [0.1, 0.15) is 6.61 Å². The van der Waals surface area contributed by atoms with Gasteiger partial charge in [0.25, 0.3) is 13.7 Å². The zero-order chi connectivity index (χ0) is 23.3. The van der Waals surface area contributed by atoms with E-state index in [2.05, 4.69) is 0 Å². The Hall–Kier alpha value is -1.94. The van der Waals surface area contributed by atoms with Crippen LogP contribution in [0.3, 0.4) is 0 Å². The minimum atomic E-state index is -3.96. The summed E-state index contributed by atoms with van der Waals surface area (Å²) in [6.07, 6.45) is -2.83. The number of carbonyl (C=O) groups excluding carboxylic acids is 1. The number of fused-ring (bicyclic) bond motifs is 2. The highest BCUT2D eigenvalue weighted by atomic mass is 31.2. The average molecular weight is 476 g/mol. The second-order valence-electron chi connectivity index (χ2n) is 8.57. The highest BCUT2D eigenvalue weighted by Gasteiger charge is 2.69. The standard InChI is InChI=1S/C23H25O9P/c1-22(2)30-19-21(31-22)29-18(14-27-20(24)16-9-4-3-5-10-16)23(19,25)32-33(26)17-11-7-6-8-15(17)12-13-28-33/h3-11,18-19,21,25H,12-14H2,1-2H3/t18-,19+,21-,23-,33?/m1/s1. The second kappa shape index (κ2) is 8.37. The Morgan fingerprint density at radius 2 is 1.88 bits per heavy atom. The van der Waals surface area contributed by atoms with Crippen molar-refractivity contribution in [1.82, 2.24) is 0 Å². The Balaban J connectivity index is 1.42. The van der Waals surface area contributed by atoms with Gasteiger partial charge in [0.2, 0.25) is 0 Å². The van der Waals surface area contributed by atoms with Gasteiger partial charge in [-0.2, -0.15) is 4.52 Å². The predicted octanol–water partition coefficient (Wildman–Crippen LogP) is 1.45. The van der Waals surface area contributed by atoms with Gasteiger partial charge in [0.05, 0.1) is 12.2 Å². The highest BCUT2D eigenvalue weighted by Crippen LogP contribution is 2.60. The lowest BCUT2D eigenvalue weighted by Crippen LogP contribution is -2.55. The molecule has 2 fully saturated rings. The largest absolute Gasteiger partial charge is 0.627 e. The SMILES string of the molecule is CC1(C)O[C@H]2O[C@H](COC(=O)c3ccccc3)[C@@](O)(O[P+]3([O-])OCCc4ccccc43)[C@H]2O1. The third-order valence-electron chi connectivity index (χ3n) is 5.79. The number of carbonyl (C=O) groups is 1. The summed E-state index contributed by atoms with van der Waals surface area (Å²) < 4.78 is 34.2. The molecule has 3 heterocycles. The van der Waals surface area contributed by atoms with Crippen LogP contribution in [0.5, 0.6) is 0 Å². The topological polar surface area (TPSA) is 116 Å². The van der Waals surface area contributed by atoms with Gasteiger partial charge in [-0.15, -0.1) is 0 Å². The molecule has 0 aromatic heterocycles. The van der Waals surface area contributed by atoms with Gasteiger partial charge in [-0.05, 0) is 32.0 Å². The Morgan fingerprint density at radius 1 is 1.15 bits per heavy atom. The van der Waals surface area contributed by atoms with Crippen molar-refractivity contribution in [3.8, 4) is 0 Å². The summed E-state index contributed by atoms with van der Waals surface area (Å²) in [7, 11) is -3.96. The normalized spacial score (nSPS) is 34.5. The van der Waals surface area contributed by atoms with Crippen LogP contribution in [0.15, 0.2) is 54.6 Å². The van der Waals surface area contributed by atoms with Crippen LogP contribution >= 0.6 is 7.94 Å². The molecule has 3 aliphatic heterocycles. The Morgan fingerprint density at radius 3 is 2.67 bits per heavy atom. The van der Waals surface area contributed by atoms with Crippen LogP contribution < -0.4 is 10.2 Å². The number of hydrogen-bond acceptors (Lipinski definition) is 9. The van der Waals surface area contributed by atoms with Gasteiger partial charge < -0.3 is 28.9 Å². The fourth-order valence-corrected chi connectivity index (χ4v) is 6.27. The van der Waals surface area contributed by atoms with Crippen molar-refractivity contribution in [2.24, 2.45) is 0 Å². The number of ether oxygens (including phenoxy) is 4. The summed E-state index contributed by atoms with van der Waals surface area (Å²) >= 11 is 0. The number of hydrogen-bond donors (Lipinski definition) is 1. The molecule has 0 bridgehead atoms. The summed E-state index contributed by atoms with van der Waals surface area (Å²) in [6, 6.07) is 15.4. The Bertz CT molecular complexity index is 1030. The van der Waals surface area contributed by atoms with Crippen molar-refractivity contribution in [3.05, 3.63) is 65.7 Å². The van der Waals surface area contributed by atoms with Crippen LogP contribution in [0.1, 0.15) is 29.8 Å². The quantitative estimate of drug-likeness (QED) is 0.389. The molecule has 5 atom stereocenters. The zero-order valence-electron chi connectivity index (χ0n) is 18.2. The highest BCUT2D eigenvalue weighted by molar-refractivity contribution is 7.67. The van der Waals surface area contributed by atoms with Crippen molar-refractivity contribution >= 4 is 19.2 Å². The molecule has 0 radical (unpaired) electrons. The molecule has 33 heavy (non-hydrogen) atoms. The smallest absolute Gasteiger partial charge is 0.338 e. The van der Waals surface area contributed by atoms with Crippen molar-refractivity contribution < 1.29 is 42.8 Å². The first kappa shape index (κ1) is 22.8. The molecule has 0 saturated carbocycles. The lowest BCUT2D eigenvalue weighted by Gasteiger charge is -2.39. The van der Waals surface area contributed by atoms with E-state index in [0.717, 1.165) is 5.56 Å². The maximum absolute atomic E-state index is 13.8. The van der Waals surface area contributed by atoms with Gasteiger partial charge in [-0.25, -0.2) is 9.32 Å². The lowest BCUT2D eigenvalue weighted by molar-refractivity contribution is -0.301. The molecule has 2 aromatic carbocycles. The third kappa shape index (κ3) is 4.20. The minimum absolute atomic E-state index is 0.163. The van der Waals surface area contributed by atoms with Gasteiger partial charge >= 0.3 is 5.97 Å². The van der Waals surface area contributed by atoms with E-state index in [1.165, 1.54) is 0 Å². The van der Waals surface area contributed by atoms with Crippen LogP contribution in [0, 0.1) is 0 Å². The second-order valence-corrected chi connectivity index (χ2v) is 10.5. The molecule has 1 unspecified atom stereocenters. The van der Waals surface area contributed by atoms with E-state index in [-0.39, 0.29) is 13.2 Å². The molecule has 5 rings (SSSR count). The molecular weight excluding hydrogens is 451 g/mol. The van der Waals surface area contributed by atoms with E-state index in [1.54, 1.807) is 56.3 Å². The zero-order valence-corrected chi connectivity index (χ0v) is 19.1. The molecule has 0 spiro atoms. The maximum Gasteiger partial charge on any atom is 0.338 e. The molecular formula is C23H25O9P. The van der Waals surface area contributed by atoms with Crippen molar-refractivity contribution in [1.29, 1.82) is 0 Å². The summed E-state index contributed by atoms with van der Waals surface area (Å²) in [5, 5.41) is 12.1. The van der Waals surface area contributed by atoms with Gasteiger partial charge in [0.15, 0.2) is 29.6 Å². The summed E-state index contributed by atoms with van der Waals surface area (Å²) in [4.78, 5) is 26.2. The number of rotatable bonds is 5. The predicted molar refractivity (Wildman–Crippen MR) is 114 cm³/mol. The first-order valence-corrected chi connectivity index (χ1v) is 12.2. The van der Waals surface area contributed by atoms with Crippen LogP contribution in [0.25, 0.3) is 0 Å². The van der Waals surface area contributed by atoms with Crippen molar-refractivity contribution in [2.45, 2.75) is 50.3 Å². The minimum Gasteiger partial charge on any atom is -0.627 e. The molecule has 1 N–H and O–H groups in total. The molecule has 0 amide bonds. The lowest BCUT2D eigenvalue weighted by atomic mass is 10.1. The van der Waals surface area contributed by atoms with E-state index in [9.17, 15) is 14.8 Å². The molecule has 3 aliphatic rings. The van der Waals surface area contributed by atoms with Crippen molar-refractivity contribution in [3.63, 3.8) is 0 Å². The van der Waals surface area contributed by atoms with Gasteiger partial charge in [0, 0.05) is 12.0 Å². The van der Waals surface area contributed by atoms with Crippen LogP contribution in [-0.4, -0.2) is 54.4 Å². The first-order valence-electron chi connectivity index (χ1n) is 10.7. The van der Waals surface area contributed by atoms with Gasteiger partial charge in [-0.1, -0.05) is 36.4 Å². The molecule has 176 valence electrons. The summed E-state index contributed by atoms with van der Waals surface area (Å²) in [5.74, 6) is -3.94. The Labute approximate surface area is 191 Å². The maximum atomic E-state index is 13.8. The number of aliphatic hydroxyl groups is 1. The average Bonchev–Trinajstić information content (AvgIpc) is 3.23. The third-order valence-corrected chi connectivity index (χ3v) is 7.87. The van der Waals surface area contributed by atoms with E-state index >= 15 is 0 Å². The van der Waals surface area contributed by atoms with Gasteiger partial charge in [-0.3, -0.25) is 0 Å². The molecule has 9 nitrogen and oxygen atoms in total. The monoisotopic (exact) mass is 476 g/mol. The fourth-order valence-electron chi connectivity index (χ4n) is 4.23. The van der Waals surface area contributed by atoms with E-state index in [0.29, 0.717) is 17.3 Å². The number of esters is 1. The van der Waals surface area contributed by atoms with Crippen LogP contribution in [0.2, 0.25) is 0 Å². The Kier molecular flexibility index (Phi) is 5.79. The summed E-state index contributed by atoms with van der Waals surface area (Å²) in [5.41, 5.74) is 1.15. The van der Waals surface area contributed by atoms with Crippen LogP contribution in [-0.2, 0) is 34.4 Å². The van der Waals surface area contributed by atoms with Crippen molar-refractivity contribution in [2.75, 3.05) is 13.2 Å². The summed E-state index contributed by atoms with van der Waals surface area (Å²) in [6.45, 7) is 3.10. The molecule has 10 heteroatoms. The molecule has 2 aromatic rings. The van der Waals surface area contributed by atoms with E-state index in [1.807, 2.05) is 12.1 Å². The number of benzene rings is 2. The first-order chi connectivity index (χ1) is 15.7. The molecule has 2 saturated heterocycles. The van der Waals surface area contributed by atoms with E-state index < -0.39 is 44.0 Å². The van der Waals surface area contributed by atoms with Crippen LogP contribution in [0.4, 0.5) is 0 Å². The fraction of sp³-hybridized carbons (Fsp3) is 0.435. The molecule has 0 aliphatic carbocycles. The van der Waals surface area contributed by atoms with E-state index in [4.69, 9.17) is 28.0 Å².